The van der Waals surface area contributed by atoms with Gasteiger partial charge in [0, 0.05) is 28.3 Å². The van der Waals surface area contributed by atoms with E-state index in [1.165, 1.54) is 12.4 Å². The van der Waals surface area contributed by atoms with Gasteiger partial charge in [-0.2, -0.15) is 0 Å². The van der Waals surface area contributed by atoms with E-state index in [2.05, 4.69) is 20.9 Å². The molecule has 1 aliphatic heterocycles. The second-order valence-electron chi connectivity index (χ2n) is 5.00. The molecule has 7 heteroatoms. The van der Waals surface area contributed by atoms with Crippen molar-refractivity contribution in [3.8, 4) is 0 Å². The van der Waals surface area contributed by atoms with E-state index in [0.717, 1.165) is 35.2 Å². The molecule has 0 saturated carbocycles. The molecule has 114 valence electrons. The molecule has 1 N–H and O–H groups in total. The first-order valence-electron chi connectivity index (χ1n) is 6.84. The first-order chi connectivity index (χ1) is 10.6. The molecule has 2 heterocycles. The van der Waals surface area contributed by atoms with Crippen molar-refractivity contribution in [3.63, 3.8) is 0 Å². The number of hydrogen-bond acceptors (Lipinski definition) is 5. The Hall–Kier alpha value is -1.79. The number of halogens is 1. The largest absolute Gasteiger partial charge is 0.476 e. The van der Waals surface area contributed by atoms with Crippen molar-refractivity contribution in [2.24, 2.45) is 0 Å². The van der Waals surface area contributed by atoms with Crippen molar-refractivity contribution >= 4 is 35.1 Å². The second kappa shape index (κ2) is 6.54. The van der Waals surface area contributed by atoms with E-state index in [4.69, 9.17) is 16.7 Å². The summed E-state index contributed by atoms with van der Waals surface area (Å²) in [5.74, 6) is -0.339. The van der Waals surface area contributed by atoms with Crippen LogP contribution in [0.3, 0.4) is 0 Å². The Kier molecular flexibility index (Phi) is 4.49. The van der Waals surface area contributed by atoms with Crippen molar-refractivity contribution in [2.75, 3.05) is 18.0 Å². The van der Waals surface area contributed by atoms with Crippen LogP contribution < -0.4 is 4.90 Å². The first kappa shape index (κ1) is 15.1. The van der Waals surface area contributed by atoms with Crippen LogP contribution >= 0.6 is 23.4 Å². The number of aromatic nitrogens is 2. The predicted molar refractivity (Wildman–Crippen MR) is 86.9 cm³/mol. The van der Waals surface area contributed by atoms with Gasteiger partial charge >= 0.3 is 5.97 Å². The minimum Gasteiger partial charge on any atom is -0.476 e. The van der Waals surface area contributed by atoms with Crippen LogP contribution in [-0.4, -0.2) is 39.4 Å². The molecule has 1 fully saturated rings. The third-order valence-electron chi connectivity index (χ3n) is 3.43. The molecule has 2 aromatic rings. The number of hydrogen-bond donors (Lipinski definition) is 1. The number of carbonyl (C=O) groups is 1. The molecule has 0 spiro atoms. The van der Waals surface area contributed by atoms with Crippen LogP contribution in [0.2, 0.25) is 5.02 Å². The average molecular weight is 336 g/mol. The molecule has 0 amide bonds. The summed E-state index contributed by atoms with van der Waals surface area (Å²) in [6.07, 6.45) is 3.87. The molecule has 1 saturated heterocycles. The van der Waals surface area contributed by atoms with Gasteiger partial charge in [-0.05, 0) is 24.6 Å². The van der Waals surface area contributed by atoms with E-state index in [9.17, 15) is 4.79 Å². The Morgan fingerprint density at radius 2 is 2.23 bits per heavy atom. The lowest BCUT2D eigenvalue weighted by Gasteiger charge is -2.16. The molecule has 1 atom stereocenters. The highest BCUT2D eigenvalue weighted by Crippen LogP contribution is 2.32. The highest BCUT2D eigenvalue weighted by molar-refractivity contribution is 8.00. The van der Waals surface area contributed by atoms with Gasteiger partial charge in [-0.1, -0.05) is 17.7 Å². The summed E-state index contributed by atoms with van der Waals surface area (Å²) in [7, 11) is 0. The van der Waals surface area contributed by atoms with E-state index in [-0.39, 0.29) is 5.69 Å². The molecule has 3 rings (SSSR count). The highest BCUT2D eigenvalue weighted by Gasteiger charge is 2.24. The van der Waals surface area contributed by atoms with Crippen LogP contribution in [0.25, 0.3) is 0 Å². The van der Waals surface area contributed by atoms with Gasteiger partial charge in [0.1, 0.15) is 5.82 Å². The Bertz CT molecular complexity index is 681. The van der Waals surface area contributed by atoms with Gasteiger partial charge in [0.25, 0.3) is 0 Å². The van der Waals surface area contributed by atoms with Gasteiger partial charge in [-0.25, -0.2) is 14.8 Å². The number of carboxylic acids is 1. The van der Waals surface area contributed by atoms with Crippen LogP contribution in [0.4, 0.5) is 5.82 Å². The Morgan fingerprint density at radius 1 is 1.36 bits per heavy atom. The minimum atomic E-state index is -1.06. The average Bonchev–Trinajstić information content (AvgIpc) is 2.96. The minimum absolute atomic E-state index is 0.0344. The van der Waals surface area contributed by atoms with Gasteiger partial charge < -0.3 is 10.0 Å². The molecule has 0 aliphatic carbocycles. The highest BCUT2D eigenvalue weighted by atomic mass is 35.5. The molecule has 5 nitrogen and oxygen atoms in total. The Balaban J connectivity index is 1.63. The van der Waals surface area contributed by atoms with Crippen LogP contribution in [-0.2, 0) is 0 Å². The zero-order valence-corrected chi connectivity index (χ0v) is 13.2. The fourth-order valence-corrected chi connectivity index (χ4v) is 3.83. The fraction of sp³-hybridized carbons (Fsp3) is 0.267. The van der Waals surface area contributed by atoms with Crippen LogP contribution in [0.5, 0.6) is 0 Å². The normalized spacial score (nSPS) is 17.7. The molecule has 1 aromatic carbocycles. The Labute approximate surface area is 137 Å². The summed E-state index contributed by atoms with van der Waals surface area (Å²) in [4.78, 5) is 22.2. The summed E-state index contributed by atoms with van der Waals surface area (Å²) in [6.45, 7) is 1.75. The number of thioether (sulfide) groups is 1. The van der Waals surface area contributed by atoms with Crippen molar-refractivity contribution < 1.29 is 9.90 Å². The van der Waals surface area contributed by atoms with Gasteiger partial charge in [0.2, 0.25) is 0 Å². The summed E-state index contributed by atoms with van der Waals surface area (Å²) >= 11 is 7.81. The Morgan fingerprint density at radius 3 is 2.91 bits per heavy atom. The van der Waals surface area contributed by atoms with Gasteiger partial charge in [-0.15, -0.1) is 11.8 Å². The fourth-order valence-electron chi connectivity index (χ4n) is 2.36. The monoisotopic (exact) mass is 335 g/mol. The summed E-state index contributed by atoms with van der Waals surface area (Å²) in [5.41, 5.74) is -0.0344. The standard InChI is InChI=1S/C15H14ClN3O2S/c16-10-2-1-3-11(6-10)22-12-4-5-19(9-12)14-8-17-13(7-18-14)15(20)21/h1-3,6-8,12H,4-5,9H2,(H,20,21). The van der Waals surface area contributed by atoms with Crippen molar-refractivity contribution in [3.05, 3.63) is 47.4 Å². The van der Waals surface area contributed by atoms with Crippen LogP contribution in [0.1, 0.15) is 16.9 Å². The van der Waals surface area contributed by atoms with E-state index in [0.29, 0.717) is 5.25 Å². The van der Waals surface area contributed by atoms with E-state index in [1.807, 2.05) is 18.2 Å². The molecule has 1 aliphatic rings. The number of rotatable bonds is 4. The first-order valence-corrected chi connectivity index (χ1v) is 8.10. The lowest BCUT2D eigenvalue weighted by atomic mass is 10.4. The van der Waals surface area contributed by atoms with E-state index in [1.54, 1.807) is 11.8 Å². The zero-order chi connectivity index (χ0) is 15.5. The van der Waals surface area contributed by atoms with Gasteiger partial charge in [0.15, 0.2) is 5.69 Å². The maximum Gasteiger partial charge on any atom is 0.356 e. The maximum absolute atomic E-state index is 10.8. The maximum atomic E-state index is 10.8. The van der Waals surface area contributed by atoms with Crippen molar-refractivity contribution in [1.29, 1.82) is 0 Å². The topological polar surface area (TPSA) is 66.3 Å². The van der Waals surface area contributed by atoms with Crippen LogP contribution in [0, 0.1) is 0 Å². The molecular weight excluding hydrogens is 322 g/mol. The van der Waals surface area contributed by atoms with Crippen molar-refractivity contribution in [2.45, 2.75) is 16.6 Å². The molecular formula is C15H14ClN3O2S. The second-order valence-corrected chi connectivity index (χ2v) is 6.81. The summed E-state index contributed by atoms with van der Waals surface area (Å²) in [5, 5.41) is 10.0. The summed E-state index contributed by atoms with van der Waals surface area (Å²) in [6, 6.07) is 7.84. The lowest BCUT2D eigenvalue weighted by molar-refractivity contribution is 0.0690. The van der Waals surface area contributed by atoms with Crippen molar-refractivity contribution in [1.82, 2.24) is 9.97 Å². The smallest absolute Gasteiger partial charge is 0.356 e. The third-order valence-corrected chi connectivity index (χ3v) is 4.90. The number of nitrogens with zero attached hydrogens (tertiary/aromatic N) is 3. The predicted octanol–water partition coefficient (Wildman–Crippen LogP) is 3.20. The summed E-state index contributed by atoms with van der Waals surface area (Å²) < 4.78 is 0. The number of benzene rings is 1. The zero-order valence-electron chi connectivity index (χ0n) is 11.6. The molecule has 0 radical (unpaired) electrons. The number of anilines is 1. The molecule has 0 bridgehead atoms. The van der Waals surface area contributed by atoms with E-state index < -0.39 is 5.97 Å². The number of carboxylic acid groups (broad SMARTS) is 1. The van der Waals surface area contributed by atoms with E-state index >= 15 is 0 Å². The molecule has 1 unspecified atom stereocenters. The SMILES string of the molecule is O=C(O)c1cnc(N2CCC(Sc3cccc(Cl)c3)C2)cn1. The van der Waals surface area contributed by atoms with Gasteiger partial charge in [0.05, 0.1) is 12.4 Å². The van der Waals surface area contributed by atoms with Crippen LogP contribution in [0.15, 0.2) is 41.6 Å². The molecule has 22 heavy (non-hydrogen) atoms. The molecule has 1 aromatic heterocycles. The lowest BCUT2D eigenvalue weighted by Crippen LogP contribution is -2.22. The third kappa shape index (κ3) is 3.51. The van der Waals surface area contributed by atoms with Gasteiger partial charge in [-0.3, -0.25) is 0 Å². The quantitative estimate of drug-likeness (QED) is 0.925. The number of aromatic carboxylic acids is 1.